The molecule has 1 heterocycles. The Labute approximate surface area is 122 Å². The number of carbonyl (C=O) groups is 1. The van der Waals surface area contributed by atoms with Gasteiger partial charge < -0.3 is 5.73 Å². The van der Waals surface area contributed by atoms with Gasteiger partial charge in [-0.25, -0.2) is 4.98 Å². The lowest BCUT2D eigenvalue weighted by atomic mass is 9.84. The number of aromatic nitrogens is 1. The van der Waals surface area contributed by atoms with Gasteiger partial charge in [0.2, 0.25) is 0 Å². The highest BCUT2D eigenvalue weighted by Gasteiger charge is 2.15. The van der Waals surface area contributed by atoms with Gasteiger partial charge in [0, 0.05) is 10.9 Å². The molecule has 3 nitrogen and oxygen atoms in total. The van der Waals surface area contributed by atoms with Gasteiger partial charge >= 0.3 is 0 Å². The first-order chi connectivity index (χ1) is 9.74. The Balaban J connectivity index is 1.79. The van der Waals surface area contributed by atoms with Crippen molar-refractivity contribution in [2.24, 2.45) is 5.73 Å². The van der Waals surface area contributed by atoms with Crippen molar-refractivity contribution in [1.82, 2.24) is 4.98 Å². The Bertz CT molecular complexity index is 597. The van der Waals surface area contributed by atoms with E-state index in [1.165, 1.54) is 49.0 Å². The van der Waals surface area contributed by atoms with Gasteiger partial charge in [-0.3, -0.25) is 4.79 Å². The van der Waals surface area contributed by atoms with E-state index in [9.17, 15) is 4.79 Å². The van der Waals surface area contributed by atoms with E-state index < -0.39 is 5.91 Å². The van der Waals surface area contributed by atoms with Crippen LogP contribution in [0, 0.1) is 0 Å². The fraction of sp³-hybridized carbons (Fsp3) is 0.375. The first kappa shape index (κ1) is 13.3. The van der Waals surface area contributed by atoms with Crippen molar-refractivity contribution in [3.8, 4) is 11.3 Å². The van der Waals surface area contributed by atoms with E-state index in [-0.39, 0.29) is 0 Å². The maximum Gasteiger partial charge on any atom is 0.277 e. The summed E-state index contributed by atoms with van der Waals surface area (Å²) in [5.74, 6) is 0.259. The summed E-state index contributed by atoms with van der Waals surface area (Å²) in [6.45, 7) is 0. The van der Waals surface area contributed by atoms with Crippen LogP contribution in [0.5, 0.6) is 0 Å². The number of hydrogen-bond donors (Lipinski definition) is 1. The third-order valence-electron chi connectivity index (χ3n) is 4.00. The summed E-state index contributed by atoms with van der Waals surface area (Å²) in [7, 11) is 0. The molecular formula is C16H18N2OS. The van der Waals surface area contributed by atoms with Gasteiger partial charge in [0.25, 0.3) is 5.91 Å². The molecule has 0 atom stereocenters. The van der Waals surface area contributed by atoms with Crippen molar-refractivity contribution in [3.63, 3.8) is 0 Å². The zero-order valence-electron chi connectivity index (χ0n) is 11.3. The van der Waals surface area contributed by atoms with E-state index in [1.807, 2.05) is 5.38 Å². The number of nitrogens with zero attached hydrogens (tertiary/aromatic N) is 1. The molecule has 0 radical (unpaired) electrons. The van der Waals surface area contributed by atoms with Gasteiger partial charge in [-0.05, 0) is 24.3 Å². The molecule has 1 aromatic carbocycles. The molecule has 20 heavy (non-hydrogen) atoms. The third-order valence-corrected chi connectivity index (χ3v) is 4.85. The Morgan fingerprint density at radius 1 is 1.15 bits per heavy atom. The van der Waals surface area contributed by atoms with Crippen molar-refractivity contribution >= 4 is 17.2 Å². The first-order valence-corrected chi connectivity index (χ1v) is 7.97. The van der Waals surface area contributed by atoms with Crippen molar-refractivity contribution in [2.45, 2.75) is 38.0 Å². The van der Waals surface area contributed by atoms with Crippen LogP contribution in [0.25, 0.3) is 11.3 Å². The van der Waals surface area contributed by atoms with Crippen molar-refractivity contribution in [2.75, 3.05) is 0 Å². The molecule has 0 spiro atoms. The maximum absolute atomic E-state index is 11.1. The van der Waals surface area contributed by atoms with Crippen molar-refractivity contribution in [1.29, 1.82) is 0 Å². The molecule has 104 valence electrons. The van der Waals surface area contributed by atoms with Crippen molar-refractivity contribution < 1.29 is 4.79 Å². The molecule has 1 aliphatic rings. The molecular weight excluding hydrogens is 268 g/mol. The SMILES string of the molecule is NC(=O)c1nc(-c2ccc(C3CCCCC3)cc2)cs1. The van der Waals surface area contributed by atoms with Crippen LogP contribution >= 0.6 is 11.3 Å². The molecule has 2 aromatic rings. The highest BCUT2D eigenvalue weighted by atomic mass is 32.1. The second-order valence-electron chi connectivity index (χ2n) is 5.36. The van der Waals surface area contributed by atoms with Crippen LogP contribution in [0.4, 0.5) is 0 Å². The lowest BCUT2D eigenvalue weighted by molar-refractivity contribution is 0.1000. The minimum absolute atomic E-state index is 0.372. The van der Waals surface area contributed by atoms with Gasteiger partial charge in [0.05, 0.1) is 5.69 Å². The summed E-state index contributed by atoms with van der Waals surface area (Å²) in [6.07, 6.45) is 6.69. The predicted molar refractivity (Wildman–Crippen MR) is 81.9 cm³/mol. The van der Waals surface area contributed by atoms with Crippen LogP contribution in [0.15, 0.2) is 29.6 Å². The molecule has 3 rings (SSSR count). The number of hydrogen-bond acceptors (Lipinski definition) is 3. The number of primary amides is 1. The number of nitrogens with two attached hydrogens (primary N) is 1. The second kappa shape index (κ2) is 5.75. The fourth-order valence-corrected chi connectivity index (χ4v) is 3.56. The van der Waals surface area contributed by atoms with Crippen LogP contribution in [0.3, 0.4) is 0 Å². The zero-order chi connectivity index (χ0) is 13.9. The largest absolute Gasteiger partial charge is 0.364 e. The van der Waals surface area contributed by atoms with Crippen LogP contribution in [-0.4, -0.2) is 10.9 Å². The molecule has 1 saturated carbocycles. The second-order valence-corrected chi connectivity index (χ2v) is 6.22. The smallest absolute Gasteiger partial charge is 0.277 e. The first-order valence-electron chi connectivity index (χ1n) is 7.10. The fourth-order valence-electron chi connectivity index (χ4n) is 2.88. The summed E-state index contributed by atoms with van der Waals surface area (Å²) in [4.78, 5) is 15.3. The highest BCUT2D eigenvalue weighted by Crippen LogP contribution is 2.33. The molecule has 1 aliphatic carbocycles. The van der Waals surface area contributed by atoms with Crippen LogP contribution < -0.4 is 5.73 Å². The normalized spacial score (nSPS) is 16.2. The molecule has 0 bridgehead atoms. The summed E-state index contributed by atoms with van der Waals surface area (Å²) in [5, 5.41) is 2.26. The standard InChI is InChI=1S/C16H18N2OS/c17-15(19)16-18-14(10-20-16)13-8-6-12(7-9-13)11-4-2-1-3-5-11/h6-11H,1-5H2,(H2,17,19). The molecule has 0 aliphatic heterocycles. The van der Waals surface area contributed by atoms with Crippen LogP contribution in [0.1, 0.15) is 53.4 Å². The van der Waals surface area contributed by atoms with E-state index in [1.54, 1.807) is 0 Å². The van der Waals surface area contributed by atoms with Gasteiger partial charge in [-0.1, -0.05) is 43.5 Å². The highest BCUT2D eigenvalue weighted by molar-refractivity contribution is 7.12. The number of benzene rings is 1. The van der Waals surface area contributed by atoms with Crippen molar-refractivity contribution in [3.05, 3.63) is 40.2 Å². The molecule has 0 unspecified atom stereocenters. The monoisotopic (exact) mass is 286 g/mol. The maximum atomic E-state index is 11.1. The molecule has 1 fully saturated rings. The predicted octanol–water partition coefficient (Wildman–Crippen LogP) is 3.96. The zero-order valence-corrected chi connectivity index (χ0v) is 12.2. The molecule has 1 amide bonds. The average Bonchev–Trinajstić information content (AvgIpc) is 2.98. The van der Waals surface area contributed by atoms with E-state index in [0.717, 1.165) is 17.2 Å². The summed E-state index contributed by atoms with van der Waals surface area (Å²) >= 11 is 1.30. The van der Waals surface area contributed by atoms with Crippen LogP contribution in [0.2, 0.25) is 0 Å². The molecule has 1 aromatic heterocycles. The molecule has 0 saturated heterocycles. The number of rotatable bonds is 3. The van der Waals surface area contributed by atoms with E-state index in [2.05, 4.69) is 29.2 Å². The summed E-state index contributed by atoms with van der Waals surface area (Å²) in [5.41, 5.74) is 8.55. The van der Waals surface area contributed by atoms with E-state index in [4.69, 9.17) is 5.73 Å². The molecule has 2 N–H and O–H groups in total. The quantitative estimate of drug-likeness (QED) is 0.928. The van der Waals surface area contributed by atoms with Gasteiger partial charge in [0.1, 0.15) is 0 Å². The number of amides is 1. The lowest BCUT2D eigenvalue weighted by Crippen LogP contribution is -2.10. The van der Waals surface area contributed by atoms with Gasteiger partial charge in [0.15, 0.2) is 5.01 Å². The number of carbonyl (C=O) groups excluding carboxylic acids is 1. The third kappa shape index (κ3) is 2.75. The Morgan fingerprint density at radius 3 is 2.45 bits per heavy atom. The Kier molecular flexibility index (Phi) is 3.83. The topological polar surface area (TPSA) is 56.0 Å². The minimum Gasteiger partial charge on any atom is -0.364 e. The molecule has 4 heteroatoms. The Hall–Kier alpha value is -1.68. The van der Waals surface area contributed by atoms with E-state index in [0.29, 0.717) is 5.01 Å². The lowest BCUT2D eigenvalue weighted by Gasteiger charge is -2.22. The van der Waals surface area contributed by atoms with Gasteiger partial charge in [-0.15, -0.1) is 11.3 Å². The summed E-state index contributed by atoms with van der Waals surface area (Å²) in [6, 6.07) is 8.61. The Morgan fingerprint density at radius 2 is 1.85 bits per heavy atom. The van der Waals surface area contributed by atoms with Gasteiger partial charge in [-0.2, -0.15) is 0 Å². The average molecular weight is 286 g/mol. The number of thiazole rings is 1. The minimum atomic E-state index is -0.458. The van der Waals surface area contributed by atoms with Crippen LogP contribution in [-0.2, 0) is 0 Å². The van der Waals surface area contributed by atoms with E-state index >= 15 is 0 Å². The summed E-state index contributed by atoms with van der Waals surface area (Å²) < 4.78 is 0.